The number of carbonyl (C=O) groups excluding carboxylic acids is 3. The number of hydrogen-bond acceptors (Lipinski definition) is 3. The molecule has 0 radical (unpaired) electrons. The Labute approximate surface area is 203 Å². The first-order valence-electron chi connectivity index (χ1n) is 11.0. The van der Waals surface area contributed by atoms with Gasteiger partial charge in [-0.05, 0) is 79.9 Å². The second kappa shape index (κ2) is 9.65. The quantitative estimate of drug-likeness (QED) is 0.368. The Morgan fingerprint density at radius 3 is 2.26 bits per heavy atom. The van der Waals surface area contributed by atoms with Crippen LogP contribution in [0.1, 0.15) is 50.0 Å². The Hall–Kier alpha value is -3.70. The molecule has 172 valence electrons. The average Bonchev–Trinajstić information content (AvgIpc) is 3.09. The number of halogens is 1. The number of amides is 1. The number of aryl methyl sites for hydroxylation is 1. The molecule has 0 unspecified atom stereocenters. The number of nitrogens with one attached hydrogen (secondary N) is 1. The number of ketones is 1. The minimum absolute atomic E-state index is 0.0775. The molecule has 0 aliphatic rings. The molecular weight excluding hydrogens is 448 g/mol. The highest BCUT2D eigenvalue weighted by Crippen LogP contribution is 2.29. The van der Waals surface area contributed by atoms with Gasteiger partial charge in [0.05, 0.1) is 11.9 Å². The van der Waals surface area contributed by atoms with Crippen molar-refractivity contribution in [2.75, 3.05) is 0 Å². The van der Waals surface area contributed by atoms with Gasteiger partial charge in [-0.1, -0.05) is 35.9 Å². The van der Waals surface area contributed by atoms with E-state index in [-0.39, 0.29) is 24.0 Å². The van der Waals surface area contributed by atoms with Gasteiger partial charge in [0.15, 0.2) is 5.78 Å². The fourth-order valence-corrected chi connectivity index (χ4v) is 4.26. The van der Waals surface area contributed by atoms with Crippen LogP contribution in [0.25, 0.3) is 10.9 Å². The van der Waals surface area contributed by atoms with Gasteiger partial charge in [0.2, 0.25) is 5.91 Å². The van der Waals surface area contributed by atoms with Gasteiger partial charge in [-0.15, -0.1) is 0 Å². The summed E-state index contributed by atoms with van der Waals surface area (Å²) in [6, 6.07) is 19.8. The Morgan fingerprint density at radius 2 is 1.59 bits per heavy atom. The van der Waals surface area contributed by atoms with Gasteiger partial charge in [0.1, 0.15) is 0 Å². The third-order valence-electron chi connectivity index (χ3n) is 6.11. The maximum Gasteiger partial charge on any atom is 0.262 e. The predicted molar refractivity (Wildman–Crippen MR) is 135 cm³/mol. The van der Waals surface area contributed by atoms with Crippen molar-refractivity contribution in [1.29, 1.82) is 0 Å². The van der Waals surface area contributed by atoms with Crippen LogP contribution in [0.15, 0.2) is 66.7 Å². The van der Waals surface area contributed by atoms with Gasteiger partial charge in [-0.3, -0.25) is 19.0 Å². The Bertz CT molecular complexity index is 1420. The number of benzene rings is 3. The molecule has 0 aliphatic carbocycles. The molecular formula is C28H25ClN2O3. The normalized spacial score (nSPS) is 10.9. The molecule has 0 fully saturated rings. The summed E-state index contributed by atoms with van der Waals surface area (Å²) in [6.45, 7) is 5.75. The summed E-state index contributed by atoms with van der Waals surface area (Å²) in [5, 5.41) is 4.24. The molecule has 6 heteroatoms. The first-order valence-corrected chi connectivity index (χ1v) is 11.4. The van der Waals surface area contributed by atoms with E-state index in [2.05, 4.69) is 5.32 Å². The zero-order valence-electron chi connectivity index (χ0n) is 19.3. The molecule has 0 atom stereocenters. The minimum Gasteiger partial charge on any atom is -0.352 e. The predicted octanol–water partition coefficient (Wildman–Crippen LogP) is 5.66. The van der Waals surface area contributed by atoms with Crippen LogP contribution in [0.4, 0.5) is 0 Å². The van der Waals surface area contributed by atoms with Crippen LogP contribution < -0.4 is 5.32 Å². The molecule has 1 heterocycles. The number of carbonyl (C=O) groups is 3. The molecule has 5 nitrogen and oxygen atoms in total. The molecule has 3 aromatic carbocycles. The van der Waals surface area contributed by atoms with E-state index >= 15 is 0 Å². The summed E-state index contributed by atoms with van der Waals surface area (Å²) in [5.41, 5.74) is 5.22. The van der Waals surface area contributed by atoms with Crippen LogP contribution >= 0.6 is 11.6 Å². The Balaban J connectivity index is 1.72. The lowest BCUT2D eigenvalue weighted by Gasteiger charge is -2.09. The zero-order valence-corrected chi connectivity index (χ0v) is 20.1. The van der Waals surface area contributed by atoms with Crippen LogP contribution in [-0.2, 0) is 17.8 Å². The smallest absolute Gasteiger partial charge is 0.262 e. The third-order valence-corrected chi connectivity index (χ3v) is 6.36. The van der Waals surface area contributed by atoms with Crippen molar-refractivity contribution in [3.63, 3.8) is 0 Å². The topological polar surface area (TPSA) is 68.2 Å². The third kappa shape index (κ3) is 4.66. The average molecular weight is 473 g/mol. The van der Waals surface area contributed by atoms with E-state index in [0.717, 1.165) is 22.1 Å². The maximum atomic E-state index is 13.4. The van der Waals surface area contributed by atoms with E-state index in [1.807, 2.05) is 38.1 Å². The number of nitrogens with zero attached hydrogens (tertiary/aromatic N) is 1. The van der Waals surface area contributed by atoms with Crippen molar-refractivity contribution in [2.24, 2.45) is 0 Å². The van der Waals surface area contributed by atoms with Crippen LogP contribution in [0, 0.1) is 13.8 Å². The van der Waals surface area contributed by atoms with Gasteiger partial charge >= 0.3 is 0 Å². The number of Topliss-reactive ketones (excluding diaryl/α,β-unsaturated/α-hetero) is 1. The Kier molecular flexibility index (Phi) is 6.66. The van der Waals surface area contributed by atoms with Crippen molar-refractivity contribution >= 4 is 40.1 Å². The van der Waals surface area contributed by atoms with Crippen LogP contribution in [0.5, 0.6) is 0 Å². The second-order valence-corrected chi connectivity index (χ2v) is 8.82. The summed E-state index contributed by atoms with van der Waals surface area (Å²) in [5.74, 6) is -0.454. The lowest BCUT2D eigenvalue weighted by Crippen LogP contribution is -2.25. The first kappa shape index (κ1) is 23.5. The fourth-order valence-electron chi connectivity index (χ4n) is 4.13. The highest BCUT2D eigenvalue weighted by Gasteiger charge is 2.22. The second-order valence-electron chi connectivity index (χ2n) is 8.38. The molecule has 1 N–H and O–H groups in total. The Morgan fingerprint density at radius 1 is 0.912 bits per heavy atom. The van der Waals surface area contributed by atoms with E-state index < -0.39 is 0 Å². The number of aromatic nitrogens is 1. The van der Waals surface area contributed by atoms with Crippen molar-refractivity contribution in [3.8, 4) is 0 Å². The highest BCUT2D eigenvalue weighted by molar-refractivity contribution is 6.30. The van der Waals surface area contributed by atoms with E-state index in [0.29, 0.717) is 33.9 Å². The molecule has 4 aromatic rings. The SMILES string of the molecule is CC(=O)c1ccc2c(c1)c(CC(=O)NCc1ccccc1C)c(C)n2C(=O)c1ccc(Cl)cc1. The van der Waals surface area contributed by atoms with Crippen LogP contribution in [-0.4, -0.2) is 22.2 Å². The van der Waals surface area contributed by atoms with Crippen LogP contribution in [0.3, 0.4) is 0 Å². The minimum atomic E-state index is -0.221. The molecule has 4 rings (SSSR count). The summed E-state index contributed by atoms with van der Waals surface area (Å²) in [6.07, 6.45) is 0.0937. The van der Waals surface area contributed by atoms with Crippen molar-refractivity contribution in [1.82, 2.24) is 9.88 Å². The molecule has 0 bridgehead atoms. The molecule has 0 saturated carbocycles. The van der Waals surface area contributed by atoms with Gasteiger partial charge in [0, 0.05) is 33.8 Å². The lowest BCUT2D eigenvalue weighted by molar-refractivity contribution is -0.120. The fraction of sp³-hybridized carbons (Fsp3) is 0.179. The molecule has 1 amide bonds. The number of rotatable bonds is 6. The van der Waals surface area contributed by atoms with Gasteiger partial charge < -0.3 is 5.32 Å². The van der Waals surface area contributed by atoms with Crippen molar-refractivity contribution < 1.29 is 14.4 Å². The van der Waals surface area contributed by atoms with E-state index in [4.69, 9.17) is 11.6 Å². The summed E-state index contributed by atoms with van der Waals surface area (Å²) < 4.78 is 1.60. The van der Waals surface area contributed by atoms with Crippen molar-refractivity contribution in [2.45, 2.75) is 33.7 Å². The maximum absolute atomic E-state index is 13.4. The molecule has 0 saturated heterocycles. The highest BCUT2D eigenvalue weighted by atomic mass is 35.5. The molecule has 34 heavy (non-hydrogen) atoms. The molecule has 0 spiro atoms. The first-order chi connectivity index (χ1) is 16.3. The van der Waals surface area contributed by atoms with Gasteiger partial charge in [-0.2, -0.15) is 0 Å². The van der Waals surface area contributed by atoms with E-state index in [9.17, 15) is 14.4 Å². The summed E-state index contributed by atoms with van der Waals surface area (Å²) >= 11 is 5.99. The van der Waals surface area contributed by atoms with Gasteiger partial charge in [-0.25, -0.2) is 0 Å². The molecule has 1 aromatic heterocycles. The largest absolute Gasteiger partial charge is 0.352 e. The standard InChI is InChI=1S/C28H25ClN2O3/c1-17-6-4-5-7-22(17)16-30-27(33)15-24-18(2)31(28(34)20-8-11-23(29)12-9-20)26-13-10-21(19(3)32)14-25(24)26/h4-14H,15-16H2,1-3H3,(H,30,33). The zero-order chi connectivity index (χ0) is 24.4. The van der Waals surface area contributed by atoms with Gasteiger partial charge in [0.25, 0.3) is 5.91 Å². The monoisotopic (exact) mass is 472 g/mol. The van der Waals surface area contributed by atoms with Crippen LogP contribution in [0.2, 0.25) is 5.02 Å². The van der Waals surface area contributed by atoms with Crippen molar-refractivity contribution in [3.05, 3.63) is 105 Å². The van der Waals surface area contributed by atoms with E-state index in [1.54, 1.807) is 47.0 Å². The lowest BCUT2D eigenvalue weighted by atomic mass is 10.0. The number of hydrogen-bond donors (Lipinski definition) is 1. The molecule has 0 aliphatic heterocycles. The van der Waals surface area contributed by atoms with E-state index in [1.165, 1.54) is 6.92 Å². The summed E-state index contributed by atoms with van der Waals surface area (Å²) in [7, 11) is 0. The summed E-state index contributed by atoms with van der Waals surface area (Å²) in [4.78, 5) is 38.3. The number of fused-ring (bicyclic) bond motifs is 1.